The van der Waals surface area contributed by atoms with Crippen LogP contribution in [0.15, 0.2) is 18.2 Å². The van der Waals surface area contributed by atoms with Crippen molar-refractivity contribution in [2.45, 2.75) is 43.7 Å². The summed E-state index contributed by atoms with van der Waals surface area (Å²) < 4.78 is 14.3. The van der Waals surface area contributed by atoms with Crippen LogP contribution in [0.4, 0.5) is 4.39 Å². The van der Waals surface area contributed by atoms with Crippen LogP contribution in [-0.2, 0) is 16.8 Å². The normalized spacial score (nSPS) is 29.3. The minimum Gasteiger partial charge on any atom is -0.481 e. The number of aliphatic carboxylic acids is 1. The Morgan fingerprint density at radius 2 is 2.00 bits per heavy atom. The van der Waals surface area contributed by atoms with E-state index in [0.717, 1.165) is 25.9 Å². The number of halogens is 1. The van der Waals surface area contributed by atoms with E-state index in [2.05, 4.69) is 4.90 Å². The van der Waals surface area contributed by atoms with Crippen molar-refractivity contribution in [1.29, 1.82) is 0 Å². The second kappa shape index (κ2) is 5.39. The number of likely N-dealkylation sites (tertiary alicyclic amines) is 1. The van der Waals surface area contributed by atoms with Crippen LogP contribution < -0.4 is 0 Å². The van der Waals surface area contributed by atoms with Gasteiger partial charge in [0.05, 0.1) is 11.5 Å². The number of benzene rings is 1. The first-order chi connectivity index (χ1) is 10.0. The highest BCUT2D eigenvalue weighted by atomic mass is 19.1. The minimum atomic E-state index is -1.12. The van der Waals surface area contributed by atoms with Crippen LogP contribution in [0.5, 0.6) is 0 Å². The average Bonchev–Trinajstić information content (AvgIpc) is 2.90. The molecular formula is C16H20FNO3. The van der Waals surface area contributed by atoms with Gasteiger partial charge in [0.15, 0.2) is 0 Å². The van der Waals surface area contributed by atoms with Crippen LogP contribution in [-0.4, -0.2) is 40.3 Å². The number of hydrogen-bond donors (Lipinski definition) is 2. The van der Waals surface area contributed by atoms with Crippen LogP contribution in [0.2, 0.25) is 0 Å². The molecule has 114 valence electrons. The summed E-state index contributed by atoms with van der Waals surface area (Å²) in [6.07, 6.45) is 2.02. The van der Waals surface area contributed by atoms with Crippen LogP contribution in [0.25, 0.3) is 0 Å². The highest BCUT2D eigenvalue weighted by molar-refractivity contribution is 5.83. The Bertz CT molecular complexity index is 548. The summed E-state index contributed by atoms with van der Waals surface area (Å²) in [5.74, 6) is -1.33. The molecule has 0 atom stereocenters. The predicted molar refractivity (Wildman–Crippen MR) is 75.5 cm³/mol. The Morgan fingerprint density at radius 3 is 2.52 bits per heavy atom. The van der Waals surface area contributed by atoms with E-state index in [9.17, 15) is 19.4 Å². The third-order valence-corrected chi connectivity index (χ3v) is 4.78. The van der Waals surface area contributed by atoms with Gasteiger partial charge in [0.25, 0.3) is 0 Å². The number of hydrogen-bond acceptors (Lipinski definition) is 3. The number of aliphatic hydroxyl groups excluding tert-OH is 1. The van der Waals surface area contributed by atoms with Gasteiger partial charge >= 0.3 is 5.97 Å². The first-order valence-electron chi connectivity index (χ1n) is 7.44. The molecule has 1 aromatic rings. The Labute approximate surface area is 123 Å². The molecule has 2 aliphatic rings. The molecule has 0 bridgehead atoms. The molecule has 3 rings (SSSR count). The zero-order chi connectivity index (χ0) is 15.0. The number of aliphatic hydroxyl groups is 1. The Hall–Kier alpha value is -1.46. The van der Waals surface area contributed by atoms with Crippen molar-refractivity contribution in [3.63, 3.8) is 0 Å². The summed E-state index contributed by atoms with van der Waals surface area (Å²) in [6.45, 7) is 2.56. The van der Waals surface area contributed by atoms with Gasteiger partial charge in [-0.3, -0.25) is 9.69 Å². The molecule has 0 unspecified atom stereocenters. The molecule has 2 fully saturated rings. The van der Waals surface area contributed by atoms with Crippen LogP contribution in [0.3, 0.4) is 0 Å². The van der Waals surface area contributed by atoms with Gasteiger partial charge in [0.1, 0.15) is 5.82 Å². The third-order valence-electron chi connectivity index (χ3n) is 4.78. The van der Waals surface area contributed by atoms with E-state index >= 15 is 0 Å². The Kier molecular flexibility index (Phi) is 3.71. The Morgan fingerprint density at radius 1 is 1.33 bits per heavy atom. The monoisotopic (exact) mass is 293 g/mol. The molecule has 0 radical (unpaired) electrons. The van der Waals surface area contributed by atoms with Crippen molar-refractivity contribution >= 4 is 5.97 Å². The molecule has 4 nitrogen and oxygen atoms in total. The first kappa shape index (κ1) is 14.5. The summed E-state index contributed by atoms with van der Waals surface area (Å²) in [7, 11) is 0. The molecule has 1 aromatic carbocycles. The molecule has 1 aliphatic heterocycles. The van der Waals surface area contributed by atoms with E-state index in [1.165, 1.54) is 6.07 Å². The fourth-order valence-electron chi connectivity index (χ4n) is 3.43. The second-order valence-electron chi connectivity index (χ2n) is 6.24. The van der Waals surface area contributed by atoms with Crippen molar-refractivity contribution in [3.8, 4) is 0 Å². The van der Waals surface area contributed by atoms with E-state index in [1.807, 2.05) is 0 Å². The number of rotatable bonds is 4. The van der Waals surface area contributed by atoms with Gasteiger partial charge in [0, 0.05) is 12.1 Å². The van der Waals surface area contributed by atoms with Gasteiger partial charge in [-0.25, -0.2) is 4.39 Å². The molecular weight excluding hydrogens is 273 g/mol. The SMILES string of the molecule is O=C(O)C1(c2ccc(CN3CCCC3)c(F)c2)CC(O)C1. The van der Waals surface area contributed by atoms with Gasteiger partial charge in [-0.2, -0.15) is 0 Å². The van der Waals surface area contributed by atoms with Crippen LogP contribution in [0.1, 0.15) is 36.8 Å². The highest BCUT2D eigenvalue weighted by Gasteiger charge is 2.51. The molecule has 0 spiro atoms. The topological polar surface area (TPSA) is 60.8 Å². The third kappa shape index (κ3) is 2.56. The number of carboxylic acid groups (broad SMARTS) is 1. The quantitative estimate of drug-likeness (QED) is 0.890. The maximum Gasteiger partial charge on any atom is 0.314 e. The maximum absolute atomic E-state index is 14.3. The molecule has 1 saturated carbocycles. The van der Waals surface area contributed by atoms with E-state index < -0.39 is 17.5 Å². The van der Waals surface area contributed by atoms with Crippen molar-refractivity contribution < 1.29 is 19.4 Å². The minimum absolute atomic E-state index is 0.160. The standard InChI is InChI=1S/C16H20FNO3/c17-14-7-12(16(15(20)21)8-13(19)9-16)4-3-11(14)10-18-5-1-2-6-18/h3-4,7,13,19H,1-2,5-6,8-10H2,(H,20,21). The van der Waals surface area contributed by atoms with Crippen LogP contribution >= 0.6 is 0 Å². The summed E-state index contributed by atoms with van der Waals surface area (Å²) in [6, 6.07) is 4.73. The molecule has 5 heteroatoms. The lowest BCUT2D eigenvalue weighted by molar-refractivity contribution is -0.152. The summed E-state index contributed by atoms with van der Waals surface area (Å²) in [5.41, 5.74) is -0.0454. The second-order valence-corrected chi connectivity index (χ2v) is 6.24. The first-order valence-corrected chi connectivity index (χ1v) is 7.44. The van der Waals surface area contributed by atoms with Crippen molar-refractivity contribution in [3.05, 3.63) is 35.1 Å². The van der Waals surface area contributed by atoms with E-state index in [0.29, 0.717) is 17.7 Å². The lowest BCUT2D eigenvalue weighted by atomic mass is 9.62. The van der Waals surface area contributed by atoms with Crippen molar-refractivity contribution in [2.75, 3.05) is 13.1 Å². The molecule has 0 amide bonds. The van der Waals surface area contributed by atoms with Crippen molar-refractivity contribution in [1.82, 2.24) is 4.90 Å². The van der Waals surface area contributed by atoms with Gasteiger partial charge in [-0.05, 0) is 50.4 Å². The smallest absolute Gasteiger partial charge is 0.314 e. The zero-order valence-electron chi connectivity index (χ0n) is 11.9. The summed E-state index contributed by atoms with van der Waals surface area (Å²) >= 11 is 0. The fourth-order valence-corrected chi connectivity index (χ4v) is 3.43. The van der Waals surface area contributed by atoms with Crippen LogP contribution in [0, 0.1) is 5.82 Å². The largest absolute Gasteiger partial charge is 0.481 e. The molecule has 1 heterocycles. The molecule has 1 saturated heterocycles. The predicted octanol–water partition coefficient (Wildman–Crippen LogP) is 1.90. The Balaban J connectivity index is 1.81. The molecule has 0 aromatic heterocycles. The van der Waals surface area contributed by atoms with Gasteiger partial charge in [-0.15, -0.1) is 0 Å². The van der Waals surface area contributed by atoms with E-state index in [-0.39, 0.29) is 18.7 Å². The number of nitrogens with zero attached hydrogens (tertiary/aromatic N) is 1. The number of carbonyl (C=O) groups is 1. The molecule has 1 aliphatic carbocycles. The van der Waals surface area contributed by atoms with E-state index in [4.69, 9.17) is 0 Å². The van der Waals surface area contributed by atoms with Crippen molar-refractivity contribution in [2.24, 2.45) is 0 Å². The summed E-state index contributed by atoms with van der Waals surface area (Å²) in [5, 5.41) is 18.8. The lowest BCUT2D eigenvalue weighted by Gasteiger charge is -2.42. The fraction of sp³-hybridized carbons (Fsp3) is 0.562. The zero-order valence-corrected chi connectivity index (χ0v) is 11.9. The molecule has 2 N–H and O–H groups in total. The van der Waals surface area contributed by atoms with Gasteiger partial charge < -0.3 is 10.2 Å². The highest BCUT2D eigenvalue weighted by Crippen LogP contribution is 2.44. The number of carboxylic acids is 1. The molecule has 21 heavy (non-hydrogen) atoms. The van der Waals surface area contributed by atoms with Gasteiger partial charge in [0.2, 0.25) is 0 Å². The van der Waals surface area contributed by atoms with E-state index in [1.54, 1.807) is 12.1 Å². The summed E-state index contributed by atoms with van der Waals surface area (Å²) in [4.78, 5) is 13.7. The van der Waals surface area contributed by atoms with Gasteiger partial charge in [-0.1, -0.05) is 12.1 Å². The average molecular weight is 293 g/mol. The lowest BCUT2D eigenvalue weighted by Crippen LogP contribution is -2.50. The maximum atomic E-state index is 14.3.